The molecular weight excluding hydrogens is 272 g/mol. The summed E-state index contributed by atoms with van der Waals surface area (Å²) in [5, 5.41) is 18.3. The standard InChI is InChI=1S/C16H20N2O.ClH/c1-3-8-15(11-14-9-6-5-7-10-14)19-16(4-2,12-17)13-18;/h5-7,9-10,15H,3-4,8,11H2,1-2H3;1H. The molecule has 0 bridgehead atoms. The minimum atomic E-state index is -1.31. The normalized spacial score (nSPS) is 11.8. The smallest absolute Gasteiger partial charge is 0.241 e. The van der Waals surface area contributed by atoms with Crippen LogP contribution in [0.15, 0.2) is 30.3 Å². The number of hydrogen-bond donors (Lipinski definition) is 0. The zero-order valence-corrected chi connectivity index (χ0v) is 12.8. The van der Waals surface area contributed by atoms with Crippen molar-refractivity contribution in [1.29, 1.82) is 10.5 Å². The summed E-state index contributed by atoms with van der Waals surface area (Å²) in [5.74, 6) is 0. The van der Waals surface area contributed by atoms with E-state index in [-0.39, 0.29) is 18.5 Å². The van der Waals surface area contributed by atoms with Gasteiger partial charge < -0.3 is 4.74 Å². The molecule has 0 saturated carbocycles. The van der Waals surface area contributed by atoms with E-state index in [4.69, 9.17) is 15.3 Å². The van der Waals surface area contributed by atoms with Crippen molar-refractivity contribution in [2.24, 2.45) is 0 Å². The van der Waals surface area contributed by atoms with Gasteiger partial charge in [0.25, 0.3) is 0 Å². The molecule has 1 rings (SSSR count). The molecule has 0 saturated heterocycles. The quantitative estimate of drug-likeness (QED) is 0.762. The van der Waals surface area contributed by atoms with E-state index in [1.165, 1.54) is 5.56 Å². The van der Waals surface area contributed by atoms with E-state index in [1.54, 1.807) is 6.92 Å². The minimum absolute atomic E-state index is 0. The van der Waals surface area contributed by atoms with E-state index in [0.29, 0.717) is 6.42 Å². The van der Waals surface area contributed by atoms with Gasteiger partial charge in [-0.2, -0.15) is 10.5 Å². The number of ether oxygens (including phenoxy) is 1. The van der Waals surface area contributed by atoms with Crippen molar-refractivity contribution in [3.63, 3.8) is 0 Å². The highest BCUT2D eigenvalue weighted by Crippen LogP contribution is 2.21. The van der Waals surface area contributed by atoms with Crippen molar-refractivity contribution in [1.82, 2.24) is 0 Å². The molecule has 108 valence electrons. The Morgan fingerprint density at radius 2 is 1.75 bits per heavy atom. The van der Waals surface area contributed by atoms with Gasteiger partial charge in [-0.05, 0) is 18.4 Å². The molecule has 3 nitrogen and oxygen atoms in total. The van der Waals surface area contributed by atoms with Crippen molar-refractivity contribution in [2.45, 2.75) is 51.2 Å². The van der Waals surface area contributed by atoms with Crippen LogP contribution < -0.4 is 0 Å². The van der Waals surface area contributed by atoms with E-state index >= 15 is 0 Å². The van der Waals surface area contributed by atoms with Crippen LogP contribution in [0.25, 0.3) is 0 Å². The summed E-state index contributed by atoms with van der Waals surface area (Å²) in [7, 11) is 0. The lowest BCUT2D eigenvalue weighted by molar-refractivity contribution is -0.0305. The van der Waals surface area contributed by atoms with Crippen LogP contribution in [0.5, 0.6) is 0 Å². The Morgan fingerprint density at radius 3 is 2.20 bits per heavy atom. The first-order chi connectivity index (χ1) is 9.19. The van der Waals surface area contributed by atoms with Crippen molar-refractivity contribution < 1.29 is 4.74 Å². The summed E-state index contributed by atoms with van der Waals surface area (Å²) >= 11 is 0. The van der Waals surface area contributed by atoms with Gasteiger partial charge in [0.2, 0.25) is 5.60 Å². The Hall–Kier alpha value is -1.55. The van der Waals surface area contributed by atoms with E-state index in [2.05, 4.69) is 6.92 Å². The third-order valence-electron chi connectivity index (χ3n) is 3.14. The average Bonchev–Trinajstić information content (AvgIpc) is 2.46. The fraction of sp³-hybridized carbons (Fsp3) is 0.500. The molecule has 0 N–H and O–H groups in total. The van der Waals surface area contributed by atoms with E-state index in [1.807, 2.05) is 42.5 Å². The van der Waals surface area contributed by atoms with Gasteiger partial charge in [-0.3, -0.25) is 0 Å². The van der Waals surface area contributed by atoms with Gasteiger partial charge in [0.05, 0.1) is 6.10 Å². The number of benzene rings is 1. The molecule has 1 aromatic carbocycles. The monoisotopic (exact) mass is 292 g/mol. The predicted molar refractivity (Wildman–Crippen MR) is 81.4 cm³/mol. The number of halogens is 1. The molecule has 0 radical (unpaired) electrons. The van der Waals surface area contributed by atoms with Crippen LogP contribution in [0.3, 0.4) is 0 Å². The summed E-state index contributed by atoms with van der Waals surface area (Å²) in [6.45, 7) is 3.88. The molecule has 0 aliphatic carbocycles. The van der Waals surface area contributed by atoms with Gasteiger partial charge in [-0.1, -0.05) is 50.6 Å². The van der Waals surface area contributed by atoms with E-state index in [0.717, 1.165) is 19.3 Å². The third-order valence-corrected chi connectivity index (χ3v) is 3.14. The van der Waals surface area contributed by atoms with Crippen LogP contribution >= 0.6 is 12.4 Å². The first-order valence-corrected chi connectivity index (χ1v) is 6.74. The van der Waals surface area contributed by atoms with E-state index in [9.17, 15) is 0 Å². The average molecular weight is 293 g/mol. The maximum absolute atomic E-state index is 9.16. The van der Waals surface area contributed by atoms with Crippen molar-refractivity contribution >= 4 is 12.4 Å². The highest BCUT2D eigenvalue weighted by Gasteiger charge is 2.32. The van der Waals surface area contributed by atoms with Crippen LogP contribution in [-0.2, 0) is 11.2 Å². The SMILES string of the molecule is CCCC(Cc1ccccc1)OC(C#N)(C#N)CC.Cl. The lowest BCUT2D eigenvalue weighted by Crippen LogP contribution is -2.34. The van der Waals surface area contributed by atoms with Crippen LogP contribution in [0.1, 0.15) is 38.7 Å². The second-order valence-corrected chi connectivity index (χ2v) is 4.62. The highest BCUT2D eigenvalue weighted by molar-refractivity contribution is 5.85. The molecule has 20 heavy (non-hydrogen) atoms. The summed E-state index contributed by atoms with van der Waals surface area (Å²) in [5.41, 5.74) is -0.143. The molecule has 0 aliphatic rings. The maximum Gasteiger partial charge on any atom is 0.241 e. The summed E-state index contributed by atoms with van der Waals surface area (Å²) in [6.07, 6.45) is 2.84. The van der Waals surface area contributed by atoms with Crippen LogP contribution in [0.4, 0.5) is 0 Å². The van der Waals surface area contributed by atoms with Crippen molar-refractivity contribution in [3.05, 3.63) is 35.9 Å². The summed E-state index contributed by atoms with van der Waals surface area (Å²) in [4.78, 5) is 0. The Kier molecular flexibility index (Phi) is 8.64. The second-order valence-electron chi connectivity index (χ2n) is 4.62. The Morgan fingerprint density at radius 1 is 1.15 bits per heavy atom. The molecule has 0 amide bonds. The number of nitriles is 2. The molecule has 0 spiro atoms. The molecule has 1 atom stereocenters. The minimum Gasteiger partial charge on any atom is -0.344 e. The fourth-order valence-corrected chi connectivity index (χ4v) is 2.01. The number of nitrogens with zero attached hydrogens (tertiary/aromatic N) is 2. The second kappa shape index (κ2) is 9.37. The van der Waals surface area contributed by atoms with Crippen molar-refractivity contribution in [2.75, 3.05) is 0 Å². The van der Waals surface area contributed by atoms with E-state index < -0.39 is 5.60 Å². The first kappa shape index (κ1) is 18.4. The molecule has 1 unspecified atom stereocenters. The topological polar surface area (TPSA) is 56.8 Å². The third kappa shape index (κ3) is 5.21. The maximum atomic E-state index is 9.16. The van der Waals surface area contributed by atoms with Gasteiger partial charge >= 0.3 is 0 Å². The Bertz CT molecular complexity index is 448. The lowest BCUT2D eigenvalue weighted by atomic mass is 10.0. The molecule has 1 aromatic rings. The summed E-state index contributed by atoms with van der Waals surface area (Å²) < 4.78 is 5.81. The van der Waals surface area contributed by atoms with Gasteiger partial charge in [-0.25, -0.2) is 0 Å². The fourth-order valence-electron chi connectivity index (χ4n) is 2.01. The van der Waals surface area contributed by atoms with Gasteiger partial charge in [0.1, 0.15) is 12.1 Å². The largest absolute Gasteiger partial charge is 0.344 e. The summed E-state index contributed by atoms with van der Waals surface area (Å²) in [6, 6.07) is 14.0. The van der Waals surface area contributed by atoms with Crippen molar-refractivity contribution in [3.8, 4) is 12.1 Å². The molecule has 4 heteroatoms. The van der Waals surface area contributed by atoms with Crippen LogP contribution in [-0.4, -0.2) is 11.7 Å². The van der Waals surface area contributed by atoms with Gasteiger partial charge in [0, 0.05) is 6.42 Å². The highest BCUT2D eigenvalue weighted by atomic mass is 35.5. The van der Waals surface area contributed by atoms with Crippen LogP contribution in [0, 0.1) is 22.7 Å². The molecule has 0 aliphatic heterocycles. The zero-order valence-electron chi connectivity index (χ0n) is 12.0. The Balaban J connectivity index is 0.00000361. The van der Waals surface area contributed by atoms with Gasteiger partial charge in [0.15, 0.2) is 0 Å². The molecular formula is C16H21ClN2O. The first-order valence-electron chi connectivity index (χ1n) is 6.74. The van der Waals surface area contributed by atoms with Crippen LogP contribution in [0.2, 0.25) is 0 Å². The molecule has 0 aromatic heterocycles. The number of rotatable bonds is 7. The zero-order chi connectivity index (χ0) is 14.1. The molecule has 0 fully saturated rings. The lowest BCUT2D eigenvalue weighted by Gasteiger charge is -2.25. The predicted octanol–water partition coefficient (Wildman–Crippen LogP) is 4.03. The molecule has 0 heterocycles. The van der Waals surface area contributed by atoms with Gasteiger partial charge in [-0.15, -0.1) is 12.4 Å². The number of hydrogen-bond acceptors (Lipinski definition) is 3. The Labute approximate surface area is 127 Å².